The summed E-state index contributed by atoms with van der Waals surface area (Å²) in [6.07, 6.45) is 1.63. The van der Waals surface area contributed by atoms with Crippen molar-refractivity contribution < 1.29 is 13.2 Å². The molecule has 4 rings (SSSR count). The second-order valence-electron chi connectivity index (χ2n) is 8.25. The van der Waals surface area contributed by atoms with Crippen LogP contribution in [0, 0.1) is 6.92 Å². The summed E-state index contributed by atoms with van der Waals surface area (Å²) in [4.78, 5) is 20.9. The average molecular weight is 497 g/mol. The maximum atomic E-state index is 12.7. The third-order valence-electron chi connectivity index (χ3n) is 5.61. The largest absolute Gasteiger partial charge is 0.295 e. The number of thiazole rings is 1. The van der Waals surface area contributed by atoms with E-state index in [1.807, 2.05) is 66.9 Å². The molecule has 3 aromatic rings. The van der Waals surface area contributed by atoms with Gasteiger partial charge in [-0.25, -0.2) is 13.4 Å². The number of rotatable bonds is 7. The summed E-state index contributed by atoms with van der Waals surface area (Å²) < 4.78 is 26.9. The van der Waals surface area contributed by atoms with E-state index in [4.69, 9.17) is 4.98 Å². The lowest BCUT2D eigenvalue weighted by Gasteiger charge is -2.32. The average Bonchev–Trinajstić information content (AvgIpc) is 3.26. The van der Waals surface area contributed by atoms with Gasteiger partial charge < -0.3 is 0 Å². The van der Waals surface area contributed by atoms with E-state index >= 15 is 0 Å². The smallest absolute Gasteiger partial charge is 0.236 e. The normalized spacial score (nSPS) is 15.6. The number of sulfonamides is 1. The van der Waals surface area contributed by atoms with Crippen molar-refractivity contribution in [2.45, 2.75) is 20.4 Å². The Morgan fingerprint density at radius 2 is 1.82 bits per heavy atom. The summed E-state index contributed by atoms with van der Waals surface area (Å²) in [6.45, 7) is 6.26. The van der Waals surface area contributed by atoms with Crippen molar-refractivity contribution in [3.8, 4) is 0 Å². The van der Waals surface area contributed by atoms with E-state index in [1.165, 1.54) is 28.0 Å². The predicted molar refractivity (Wildman–Crippen MR) is 137 cm³/mol. The first-order valence-electron chi connectivity index (χ1n) is 11.1. The SMILES string of the molecule is CC(=O)N(c1cccc(C)c1)c1nc(CN2CCN(S(=O)(=O)/C=C/c3ccccc3)CC2)cs1. The third-order valence-corrected chi connectivity index (χ3v) is 8.05. The maximum absolute atomic E-state index is 12.7. The lowest BCUT2D eigenvalue weighted by atomic mass is 10.2. The molecule has 1 aliphatic rings. The molecule has 0 atom stereocenters. The van der Waals surface area contributed by atoms with Gasteiger partial charge in [0.1, 0.15) is 0 Å². The molecule has 9 heteroatoms. The highest BCUT2D eigenvalue weighted by Crippen LogP contribution is 2.30. The maximum Gasteiger partial charge on any atom is 0.236 e. The van der Waals surface area contributed by atoms with E-state index in [9.17, 15) is 13.2 Å². The zero-order valence-electron chi connectivity index (χ0n) is 19.3. The molecule has 0 bridgehead atoms. The van der Waals surface area contributed by atoms with Crippen molar-refractivity contribution in [3.63, 3.8) is 0 Å². The van der Waals surface area contributed by atoms with Crippen LogP contribution < -0.4 is 4.90 Å². The first-order valence-corrected chi connectivity index (χ1v) is 13.5. The highest BCUT2D eigenvalue weighted by atomic mass is 32.2. The van der Waals surface area contributed by atoms with Crippen LogP contribution in [0.15, 0.2) is 65.4 Å². The summed E-state index contributed by atoms with van der Waals surface area (Å²) in [6, 6.07) is 17.2. The number of hydrogen-bond acceptors (Lipinski definition) is 6. The molecule has 1 fully saturated rings. The van der Waals surface area contributed by atoms with Gasteiger partial charge in [0, 0.05) is 50.4 Å². The van der Waals surface area contributed by atoms with E-state index < -0.39 is 10.0 Å². The number of benzene rings is 2. The number of nitrogens with zero attached hydrogens (tertiary/aromatic N) is 4. The lowest BCUT2D eigenvalue weighted by Crippen LogP contribution is -2.47. The number of hydrogen-bond donors (Lipinski definition) is 0. The number of carbonyl (C=O) groups is 1. The molecule has 1 saturated heterocycles. The predicted octanol–water partition coefficient (Wildman–Crippen LogP) is 4.25. The Balaban J connectivity index is 1.37. The summed E-state index contributed by atoms with van der Waals surface area (Å²) >= 11 is 1.44. The van der Waals surface area contributed by atoms with Gasteiger partial charge >= 0.3 is 0 Å². The fraction of sp³-hybridized carbons (Fsp3) is 0.280. The Kier molecular flexibility index (Phi) is 7.57. The fourth-order valence-corrected chi connectivity index (χ4v) is 5.90. The number of anilines is 2. The van der Waals surface area contributed by atoms with Crippen molar-refractivity contribution >= 4 is 44.2 Å². The molecule has 178 valence electrons. The van der Waals surface area contributed by atoms with Crippen LogP contribution in [0.2, 0.25) is 0 Å². The van der Waals surface area contributed by atoms with Crippen LogP contribution in [0.25, 0.3) is 6.08 Å². The number of carbonyl (C=O) groups excluding carboxylic acids is 1. The summed E-state index contributed by atoms with van der Waals surface area (Å²) in [7, 11) is -3.46. The fourth-order valence-electron chi connectivity index (χ4n) is 3.85. The highest BCUT2D eigenvalue weighted by molar-refractivity contribution is 7.92. The molecule has 0 spiro atoms. The molecule has 2 heterocycles. The third kappa shape index (κ3) is 5.98. The van der Waals surface area contributed by atoms with Gasteiger partial charge in [-0.15, -0.1) is 11.3 Å². The van der Waals surface area contributed by atoms with Gasteiger partial charge in [-0.05, 0) is 36.3 Å². The Morgan fingerprint density at radius 1 is 1.09 bits per heavy atom. The van der Waals surface area contributed by atoms with Crippen LogP contribution in [-0.4, -0.2) is 54.7 Å². The molecule has 0 N–H and O–H groups in total. The topological polar surface area (TPSA) is 73.8 Å². The first kappa shape index (κ1) is 24.3. The number of piperazine rings is 1. The molecular weight excluding hydrogens is 468 g/mol. The van der Waals surface area contributed by atoms with Gasteiger partial charge in [0.05, 0.1) is 11.4 Å². The van der Waals surface area contributed by atoms with E-state index in [0.717, 1.165) is 22.5 Å². The molecule has 1 aliphatic heterocycles. The Bertz CT molecular complexity index is 1260. The molecule has 0 unspecified atom stereocenters. The van der Waals surface area contributed by atoms with Crippen LogP contribution in [0.5, 0.6) is 0 Å². The highest BCUT2D eigenvalue weighted by Gasteiger charge is 2.26. The minimum atomic E-state index is -3.46. The van der Waals surface area contributed by atoms with E-state index in [-0.39, 0.29) is 5.91 Å². The quantitative estimate of drug-likeness (QED) is 0.489. The van der Waals surface area contributed by atoms with E-state index in [2.05, 4.69) is 4.90 Å². The Labute approximate surface area is 205 Å². The minimum Gasteiger partial charge on any atom is -0.295 e. The second-order valence-corrected chi connectivity index (χ2v) is 10.9. The van der Waals surface area contributed by atoms with Gasteiger partial charge in [0.2, 0.25) is 15.9 Å². The van der Waals surface area contributed by atoms with Gasteiger partial charge in [0.15, 0.2) is 5.13 Å². The Hall–Kier alpha value is -2.85. The van der Waals surface area contributed by atoms with E-state index in [1.54, 1.807) is 11.0 Å². The van der Waals surface area contributed by atoms with Gasteiger partial charge in [-0.3, -0.25) is 14.6 Å². The van der Waals surface area contributed by atoms with E-state index in [0.29, 0.717) is 37.9 Å². The number of amides is 1. The van der Waals surface area contributed by atoms with Crippen molar-refractivity contribution in [1.29, 1.82) is 0 Å². The molecule has 7 nitrogen and oxygen atoms in total. The zero-order valence-corrected chi connectivity index (χ0v) is 20.9. The Morgan fingerprint density at radius 3 is 2.50 bits per heavy atom. The number of aryl methyl sites for hydroxylation is 1. The van der Waals surface area contributed by atoms with Crippen LogP contribution in [0.3, 0.4) is 0 Å². The van der Waals surface area contributed by atoms with Gasteiger partial charge in [0.25, 0.3) is 0 Å². The summed E-state index contributed by atoms with van der Waals surface area (Å²) in [5.74, 6) is -0.0890. The lowest BCUT2D eigenvalue weighted by molar-refractivity contribution is -0.115. The molecule has 0 radical (unpaired) electrons. The van der Waals surface area contributed by atoms with Crippen molar-refractivity contribution in [2.24, 2.45) is 0 Å². The molecule has 1 amide bonds. The number of aromatic nitrogens is 1. The summed E-state index contributed by atoms with van der Waals surface area (Å²) in [5, 5.41) is 3.89. The molecule has 1 aromatic heterocycles. The zero-order chi connectivity index (χ0) is 24.1. The van der Waals surface area contributed by atoms with Crippen LogP contribution in [-0.2, 0) is 21.4 Å². The van der Waals surface area contributed by atoms with Gasteiger partial charge in [-0.2, -0.15) is 4.31 Å². The minimum absolute atomic E-state index is 0.0890. The van der Waals surface area contributed by atoms with Crippen molar-refractivity contribution in [1.82, 2.24) is 14.2 Å². The molecule has 2 aromatic carbocycles. The summed E-state index contributed by atoms with van der Waals surface area (Å²) in [5.41, 5.74) is 3.61. The van der Waals surface area contributed by atoms with Crippen molar-refractivity contribution in [3.05, 3.63) is 82.2 Å². The van der Waals surface area contributed by atoms with Crippen LogP contribution in [0.1, 0.15) is 23.7 Å². The van der Waals surface area contributed by atoms with Crippen LogP contribution in [0.4, 0.5) is 10.8 Å². The first-order chi connectivity index (χ1) is 16.3. The van der Waals surface area contributed by atoms with Crippen LogP contribution >= 0.6 is 11.3 Å². The molecular formula is C25H28N4O3S2. The monoisotopic (exact) mass is 496 g/mol. The van der Waals surface area contributed by atoms with Crippen molar-refractivity contribution in [2.75, 3.05) is 31.1 Å². The molecule has 34 heavy (non-hydrogen) atoms. The standard InChI is InChI=1S/C25H28N4O3S2/c1-20-7-6-10-24(17-20)29(21(2)30)25-26-23(19-33-25)18-27-12-14-28(15-13-27)34(31,32)16-11-22-8-4-3-5-9-22/h3-11,16-17,19H,12-15,18H2,1-2H3/b16-11+. The second kappa shape index (κ2) is 10.6. The van der Waals surface area contributed by atoms with Gasteiger partial charge in [-0.1, -0.05) is 42.5 Å². The molecule has 0 aliphatic carbocycles. The molecule has 0 saturated carbocycles.